The van der Waals surface area contributed by atoms with Crippen LogP contribution in [0.2, 0.25) is 0 Å². The van der Waals surface area contributed by atoms with Crippen LogP contribution in [0, 0.1) is 0 Å². The summed E-state index contributed by atoms with van der Waals surface area (Å²) in [5, 5.41) is 3.54. The molecule has 1 atom stereocenters. The molecule has 2 nitrogen and oxygen atoms in total. The molecule has 0 amide bonds. The zero-order valence-corrected chi connectivity index (χ0v) is 13.8. The highest BCUT2D eigenvalue weighted by Crippen LogP contribution is 2.30. The highest BCUT2D eigenvalue weighted by molar-refractivity contribution is 9.10. The molecule has 1 aromatic carbocycles. The van der Waals surface area contributed by atoms with Crippen LogP contribution in [0.15, 0.2) is 22.7 Å². The molecular weight excluding hydrogens is 300 g/mol. The normalized spacial score (nSPS) is 20.1. The summed E-state index contributed by atoms with van der Waals surface area (Å²) in [6, 6.07) is 7.86. The molecule has 1 aliphatic rings. The van der Waals surface area contributed by atoms with Gasteiger partial charge in [0.15, 0.2) is 0 Å². The fourth-order valence-electron chi connectivity index (χ4n) is 2.75. The average Bonchev–Trinajstić information content (AvgIpc) is 2.37. The van der Waals surface area contributed by atoms with Gasteiger partial charge in [0, 0.05) is 35.3 Å². The van der Waals surface area contributed by atoms with E-state index in [0.717, 1.165) is 6.54 Å². The third-order valence-corrected chi connectivity index (χ3v) is 4.35. The lowest BCUT2D eigenvalue weighted by Crippen LogP contribution is -2.38. The molecule has 1 aliphatic heterocycles. The average molecular weight is 325 g/mol. The molecule has 0 saturated carbocycles. The first-order valence-electron chi connectivity index (χ1n) is 7.36. The lowest BCUT2D eigenvalue weighted by molar-refractivity contribution is 0.482. The van der Waals surface area contributed by atoms with Gasteiger partial charge in [0.1, 0.15) is 0 Å². The second-order valence-corrected chi connectivity index (χ2v) is 6.76. The maximum absolute atomic E-state index is 3.60. The summed E-state index contributed by atoms with van der Waals surface area (Å²) in [7, 11) is 0. The molecule has 106 valence electrons. The van der Waals surface area contributed by atoms with Crippen LogP contribution in [0.25, 0.3) is 0 Å². The summed E-state index contributed by atoms with van der Waals surface area (Å²) in [4.78, 5) is 2.58. The largest absolute Gasteiger partial charge is 0.369 e. The Labute approximate surface area is 125 Å². The van der Waals surface area contributed by atoms with Gasteiger partial charge < -0.3 is 10.2 Å². The van der Waals surface area contributed by atoms with Gasteiger partial charge in [0.05, 0.1) is 0 Å². The Morgan fingerprint density at radius 2 is 2.16 bits per heavy atom. The van der Waals surface area contributed by atoms with Crippen LogP contribution in [0.5, 0.6) is 0 Å². The molecule has 0 bridgehead atoms. The second kappa shape index (κ2) is 6.76. The van der Waals surface area contributed by atoms with Crippen molar-refractivity contribution in [3.63, 3.8) is 0 Å². The standard InChI is InChI=1S/C16H25BrN2/c1-12(2)18-11-14-10-15(17)7-8-16(14)19-9-5-4-6-13(19)3/h7-8,10,12-13,18H,4-6,9,11H2,1-3H3. The summed E-state index contributed by atoms with van der Waals surface area (Å²) in [5.74, 6) is 0. The molecule has 1 unspecified atom stereocenters. The Morgan fingerprint density at radius 1 is 1.37 bits per heavy atom. The van der Waals surface area contributed by atoms with Crippen LogP contribution in [0.1, 0.15) is 45.6 Å². The van der Waals surface area contributed by atoms with Crippen LogP contribution < -0.4 is 10.2 Å². The van der Waals surface area contributed by atoms with Gasteiger partial charge in [-0.05, 0) is 49.9 Å². The molecule has 1 aromatic rings. The molecule has 1 fully saturated rings. The highest BCUT2D eigenvalue weighted by atomic mass is 79.9. The second-order valence-electron chi connectivity index (χ2n) is 5.85. The predicted molar refractivity (Wildman–Crippen MR) is 86.8 cm³/mol. The van der Waals surface area contributed by atoms with Crippen molar-refractivity contribution < 1.29 is 0 Å². The van der Waals surface area contributed by atoms with Gasteiger partial charge in [-0.25, -0.2) is 0 Å². The van der Waals surface area contributed by atoms with E-state index in [0.29, 0.717) is 12.1 Å². The van der Waals surface area contributed by atoms with Crippen molar-refractivity contribution in [2.24, 2.45) is 0 Å². The molecule has 1 N–H and O–H groups in total. The number of nitrogens with zero attached hydrogens (tertiary/aromatic N) is 1. The number of halogens is 1. The van der Waals surface area contributed by atoms with Gasteiger partial charge in [-0.2, -0.15) is 0 Å². The molecule has 2 rings (SSSR count). The number of hydrogen-bond acceptors (Lipinski definition) is 2. The monoisotopic (exact) mass is 324 g/mol. The zero-order chi connectivity index (χ0) is 13.8. The van der Waals surface area contributed by atoms with Gasteiger partial charge in [-0.3, -0.25) is 0 Å². The lowest BCUT2D eigenvalue weighted by atomic mass is 10.0. The number of benzene rings is 1. The first-order valence-corrected chi connectivity index (χ1v) is 8.15. The summed E-state index contributed by atoms with van der Waals surface area (Å²) in [5.41, 5.74) is 2.81. The van der Waals surface area contributed by atoms with E-state index in [-0.39, 0.29) is 0 Å². The van der Waals surface area contributed by atoms with E-state index in [1.165, 1.54) is 41.5 Å². The van der Waals surface area contributed by atoms with Crippen LogP contribution in [0.3, 0.4) is 0 Å². The van der Waals surface area contributed by atoms with Crippen molar-refractivity contribution in [1.82, 2.24) is 5.32 Å². The van der Waals surface area contributed by atoms with Crippen molar-refractivity contribution in [3.8, 4) is 0 Å². The SMILES string of the molecule is CC(C)NCc1cc(Br)ccc1N1CCCCC1C. The quantitative estimate of drug-likeness (QED) is 0.886. The molecule has 0 aromatic heterocycles. The van der Waals surface area contributed by atoms with Crippen LogP contribution in [-0.2, 0) is 6.54 Å². The summed E-state index contributed by atoms with van der Waals surface area (Å²) >= 11 is 3.60. The third-order valence-electron chi connectivity index (χ3n) is 3.85. The molecule has 0 aliphatic carbocycles. The molecule has 0 radical (unpaired) electrons. The number of rotatable bonds is 4. The first kappa shape index (κ1) is 14.9. The first-order chi connectivity index (χ1) is 9.08. The molecule has 0 spiro atoms. The minimum Gasteiger partial charge on any atom is -0.369 e. The van der Waals surface area contributed by atoms with E-state index in [9.17, 15) is 0 Å². The van der Waals surface area contributed by atoms with Crippen molar-refractivity contribution in [3.05, 3.63) is 28.2 Å². The van der Waals surface area contributed by atoms with Gasteiger partial charge in [-0.1, -0.05) is 29.8 Å². The topological polar surface area (TPSA) is 15.3 Å². The van der Waals surface area contributed by atoms with E-state index in [4.69, 9.17) is 0 Å². The molecule has 1 heterocycles. The van der Waals surface area contributed by atoms with Crippen LogP contribution in [0.4, 0.5) is 5.69 Å². The molecule has 19 heavy (non-hydrogen) atoms. The van der Waals surface area contributed by atoms with E-state index in [1.54, 1.807) is 0 Å². The smallest absolute Gasteiger partial charge is 0.0415 e. The number of anilines is 1. The maximum atomic E-state index is 3.60. The van der Waals surface area contributed by atoms with E-state index < -0.39 is 0 Å². The molecule has 1 saturated heterocycles. The minimum atomic E-state index is 0.519. The van der Waals surface area contributed by atoms with Gasteiger partial charge in [0.2, 0.25) is 0 Å². The zero-order valence-electron chi connectivity index (χ0n) is 12.2. The number of hydrogen-bond donors (Lipinski definition) is 1. The van der Waals surface area contributed by atoms with E-state index in [1.807, 2.05) is 0 Å². The van der Waals surface area contributed by atoms with Crippen molar-refractivity contribution in [2.75, 3.05) is 11.4 Å². The molecular formula is C16H25BrN2. The van der Waals surface area contributed by atoms with Gasteiger partial charge >= 0.3 is 0 Å². The van der Waals surface area contributed by atoms with Gasteiger partial charge in [-0.15, -0.1) is 0 Å². The number of piperidine rings is 1. The highest BCUT2D eigenvalue weighted by Gasteiger charge is 2.20. The third kappa shape index (κ3) is 3.96. The van der Waals surface area contributed by atoms with E-state index in [2.05, 4.69) is 65.1 Å². The minimum absolute atomic E-state index is 0.519. The van der Waals surface area contributed by atoms with E-state index >= 15 is 0 Å². The molecule has 3 heteroatoms. The maximum Gasteiger partial charge on any atom is 0.0415 e. The Kier molecular flexibility index (Phi) is 5.28. The van der Waals surface area contributed by atoms with Crippen LogP contribution in [-0.4, -0.2) is 18.6 Å². The predicted octanol–water partition coefficient (Wildman–Crippen LogP) is 4.33. The summed E-state index contributed by atoms with van der Waals surface area (Å²) in [6.45, 7) is 8.87. The Bertz CT molecular complexity index is 417. The fourth-order valence-corrected chi connectivity index (χ4v) is 3.15. The van der Waals surface area contributed by atoms with Crippen molar-refractivity contribution in [1.29, 1.82) is 0 Å². The van der Waals surface area contributed by atoms with Gasteiger partial charge in [0.25, 0.3) is 0 Å². The van der Waals surface area contributed by atoms with Crippen molar-refractivity contribution in [2.45, 2.75) is 58.7 Å². The Balaban J connectivity index is 2.22. The Morgan fingerprint density at radius 3 is 2.84 bits per heavy atom. The van der Waals surface area contributed by atoms with Crippen LogP contribution >= 0.6 is 15.9 Å². The van der Waals surface area contributed by atoms with Crippen molar-refractivity contribution >= 4 is 21.6 Å². The fraction of sp³-hybridized carbons (Fsp3) is 0.625. The number of nitrogens with one attached hydrogen (secondary N) is 1. The summed E-state index contributed by atoms with van der Waals surface area (Å²) < 4.78 is 1.17. The summed E-state index contributed by atoms with van der Waals surface area (Å²) in [6.07, 6.45) is 4.00. The lowest BCUT2D eigenvalue weighted by Gasteiger charge is -2.37. The Hall–Kier alpha value is -0.540.